The van der Waals surface area contributed by atoms with Crippen LogP contribution in [-0.2, 0) is 13.0 Å². The average molecular weight is 434 g/mol. The van der Waals surface area contributed by atoms with Crippen LogP contribution in [0.4, 0.5) is 0 Å². The molecule has 0 fully saturated rings. The number of ether oxygens (including phenoxy) is 2. The van der Waals surface area contributed by atoms with E-state index in [0.29, 0.717) is 35.6 Å². The highest BCUT2D eigenvalue weighted by molar-refractivity contribution is 7.09. The molecular formula is C25H23NO4S. The number of hydrogen-bond acceptors (Lipinski definition) is 6. The summed E-state index contributed by atoms with van der Waals surface area (Å²) in [5.41, 5.74) is 2.94. The van der Waals surface area contributed by atoms with E-state index in [1.165, 1.54) is 4.88 Å². The molecule has 0 unspecified atom stereocenters. The Labute approximate surface area is 184 Å². The molecule has 0 amide bonds. The highest BCUT2D eigenvalue weighted by Crippen LogP contribution is 2.34. The zero-order valence-corrected chi connectivity index (χ0v) is 18.3. The van der Waals surface area contributed by atoms with Crippen LogP contribution in [0.15, 0.2) is 63.1 Å². The van der Waals surface area contributed by atoms with Gasteiger partial charge in [-0.15, -0.1) is 11.3 Å². The van der Waals surface area contributed by atoms with E-state index in [2.05, 4.69) is 22.4 Å². The second kappa shape index (κ2) is 8.21. The minimum atomic E-state index is -0.0255. The number of fused-ring (bicyclic) bond motifs is 3. The van der Waals surface area contributed by atoms with Crippen molar-refractivity contribution in [2.75, 3.05) is 20.4 Å². The van der Waals surface area contributed by atoms with Gasteiger partial charge in [0.2, 0.25) is 5.43 Å². The van der Waals surface area contributed by atoms with Crippen molar-refractivity contribution >= 4 is 22.3 Å². The van der Waals surface area contributed by atoms with E-state index in [-0.39, 0.29) is 5.43 Å². The number of rotatable bonds is 5. The smallest absolute Gasteiger partial charge is 0.200 e. The van der Waals surface area contributed by atoms with Crippen molar-refractivity contribution in [3.05, 3.63) is 80.3 Å². The first kappa shape index (κ1) is 19.8. The molecule has 0 atom stereocenters. The van der Waals surface area contributed by atoms with Gasteiger partial charge in [0.15, 0.2) is 0 Å². The Kier molecular flexibility index (Phi) is 5.26. The molecule has 1 aliphatic rings. The number of nitrogens with zero attached hydrogens (tertiary/aromatic N) is 1. The second-order valence-corrected chi connectivity index (χ2v) is 8.70. The van der Waals surface area contributed by atoms with Crippen molar-refractivity contribution in [2.45, 2.75) is 19.9 Å². The molecule has 0 bridgehead atoms. The van der Waals surface area contributed by atoms with Gasteiger partial charge in [-0.1, -0.05) is 18.2 Å². The van der Waals surface area contributed by atoms with Crippen molar-refractivity contribution in [2.24, 2.45) is 0 Å². The third kappa shape index (κ3) is 3.73. The highest BCUT2D eigenvalue weighted by Gasteiger charge is 2.24. The van der Waals surface area contributed by atoms with Crippen LogP contribution in [0.25, 0.3) is 22.1 Å². The van der Waals surface area contributed by atoms with E-state index < -0.39 is 0 Å². The van der Waals surface area contributed by atoms with Gasteiger partial charge in [0.1, 0.15) is 29.6 Å². The van der Waals surface area contributed by atoms with Gasteiger partial charge in [-0.25, -0.2) is 0 Å². The number of thiophene rings is 1. The lowest BCUT2D eigenvalue weighted by molar-refractivity contribution is 0.0970. The first-order chi connectivity index (χ1) is 15.1. The molecule has 0 N–H and O–H groups in total. The Morgan fingerprint density at radius 1 is 1.13 bits per heavy atom. The molecule has 0 saturated heterocycles. The molecule has 4 aromatic rings. The average Bonchev–Trinajstić information content (AvgIpc) is 3.32. The molecule has 0 radical (unpaired) electrons. The summed E-state index contributed by atoms with van der Waals surface area (Å²) < 4.78 is 17.5. The molecule has 2 aromatic carbocycles. The SMILES string of the molecule is COc1ccc(-c2c(C)oc3c4c(ccc3c2=O)OCN(CCc2cccs2)C4)cc1. The first-order valence-electron chi connectivity index (χ1n) is 10.3. The van der Waals surface area contributed by atoms with Gasteiger partial charge in [0.25, 0.3) is 0 Å². The fourth-order valence-corrected chi connectivity index (χ4v) is 4.78. The van der Waals surface area contributed by atoms with Gasteiger partial charge in [-0.2, -0.15) is 0 Å². The second-order valence-electron chi connectivity index (χ2n) is 7.67. The molecule has 0 spiro atoms. The summed E-state index contributed by atoms with van der Waals surface area (Å²) in [5.74, 6) is 2.15. The van der Waals surface area contributed by atoms with E-state index >= 15 is 0 Å². The maximum Gasteiger partial charge on any atom is 0.200 e. The van der Waals surface area contributed by atoms with Crippen LogP contribution >= 0.6 is 11.3 Å². The lowest BCUT2D eigenvalue weighted by Gasteiger charge is -2.29. The summed E-state index contributed by atoms with van der Waals surface area (Å²) in [7, 11) is 1.62. The van der Waals surface area contributed by atoms with Gasteiger partial charge in [-0.3, -0.25) is 9.69 Å². The minimum Gasteiger partial charge on any atom is -0.497 e. The zero-order chi connectivity index (χ0) is 21.4. The fraction of sp³-hybridized carbons (Fsp3) is 0.240. The topological polar surface area (TPSA) is 51.9 Å². The predicted molar refractivity (Wildman–Crippen MR) is 123 cm³/mol. The third-order valence-corrected chi connectivity index (χ3v) is 6.65. The van der Waals surface area contributed by atoms with Crippen LogP contribution in [-0.4, -0.2) is 25.3 Å². The molecule has 2 aromatic heterocycles. The van der Waals surface area contributed by atoms with E-state index in [0.717, 1.165) is 35.6 Å². The quantitative estimate of drug-likeness (QED) is 0.431. The molecule has 1 aliphatic heterocycles. The summed E-state index contributed by atoms with van der Waals surface area (Å²) in [4.78, 5) is 17.0. The van der Waals surface area contributed by atoms with Crippen molar-refractivity contribution in [3.8, 4) is 22.6 Å². The number of methoxy groups -OCH3 is 1. The molecule has 158 valence electrons. The maximum absolute atomic E-state index is 13.4. The van der Waals surface area contributed by atoms with Crippen LogP contribution < -0.4 is 14.9 Å². The molecule has 5 rings (SSSR count). The van der Waals surface area contributed by atoms with Crippen LogP contribution in [0.5, 0.6) is 11.5 Å². The number of benzene rings is 2. The lowest BCUT2D eigenvalue weighted by atomic mass is 10.0. The summed E-state index contributed by atoms with van der Waals surface area (Å²) in [5, 5.41) is 2.68. The Balaban J connectivity index is 1.51. The van der Waals surface area contributed by atoms with Gasteiger partial charge >= 0.3 is 0 Å². The van der Waals surface area contributed by atoms with Crippen LogP contribution in [0.3, 0.4) is 0 Å². The lowest BCUT2D eigenvalue weighted by Crippen LogP contribution is -2.33. The van der Waals surface area contributed by atoms with E-state index in [1.54, 1.807) is 18.4 Å². The summed E-state index contributed by atoms with van der Waals surface area (Å²) >= 11 is 1.77. The summed E-state index contributed by atoms with van der Waals surface area (Å²) in [6.07, 6.45) is 0.978. The molecule has 0 aliphatic carbocycles. The fourth-order valence-electron chi connectivity index (χ4n) is 4.08. The van der Waals surface area contributed by atoms with Crippen LogP contribution in [0, 0.1) is 6.92 Å². The van der Waals surface area contributed by atoms with Gasteiger partial charge in [0, 0.05) is 18.0 Å². The molecular weight excluding hydrogens is 410 g/mol. The van der Waals surface area contributed by atoms with Crippen molar-refractivity contribution < 1.29 is 13.9 Å². The third-order valence-electron chi connectivity index (χ3n) is 5.71. The predicted octanol–water partition coefficient (Wildman–Crippen LogP) is 5.23. The Hall–Kier alpha value is -3.09. The Bertz CT molecular complexity index is 1280. The monoisotopic (exact) mass is 433 g/mol. The van der Waals surface area contributed by atoms with E-state index in [4.69, 9.17) is 13.9 Å². The highest BCUT2D eigenvalue weighted by atomic mass is 32.1. The molecule has 31 heavy (non-hydrogen) atoms. The standard InChI is InChI=1S/C25H23NO4S/c1-16-23(17-5-7-18(28-2)8-6-17)24(27)20-9-10-22-21(25(20)30-16)14-26(15-29-22)12-11-19-4-3-13-31-19/h3-10,13H,11-12,14-15H2,1-2H3. The summed E-state index contributed by atoms with van der Waals surface area (Å²) in [6.45, 7) is 3.97. The van der Waals surface area contributed by atoms with E-state index in [1.807, 2.05) is 43.3 Å². The summed E-state index contributed by atoms with van der Waals surface area (Å²) in [6, 6.07) is 15.4. The first-order valence-corrected chi connectivity index (χ1v) is 11.1. The van der Waals surface area contributed by atoms with Gasteiger partial charge < -0.3 is 13.9 Å². The molecule has 6 heteroatoms. The Morgan fingerprint density at radius 2 is 1.97 bits per heavy atom. The van der Waals surface area contributed by atoms with Crippen molar-refractivity contribution in [1.82, 2.24) is 4.90 Å². The molecule has 5 nitrogen and oxygen atoms in total. The van der Waals surface area contributed by atoms with Crippen molar-refractivity contribution in [3.63, 3.8) is 0 Å². The molecule has 3 heterocycles. The Morgan fingerprint density at radius 3 is 2.71 bits per heavy atom. The van der Waals surface area contributed by atoms with Gasteiger partial charge in [-0.05, 0) is 54.6 Å². The normalized spacial score (nSPS) is 13.7. The van der Waals surface area contributed by atoms with Crippen molar-refractivity contribution in [1.29, 1.82) is 0 Å². The minimum absolute atomic E-state index is 0.0255. The largest absolute Gasteiger partial charge is 0.497 e. The maximum atomic E-state index is 13.4. The van der Waals surface area contributed by atoms with E-state index in [9.17, 15) is 4.79 Å². The number of aryl methyl sites for hydroxylation is 1. The van der Waals surface area contributed by atoms with Crippen LogP contribution in [0.1, 0.15) is 16.2 Å². The molecule has 0 saturated carbocycles. The van der Waals surface area contributed by atoms with Gasteiger partial charge in [0.05, 0.1) is 23.6 Å². The number of hydrogen-bond donors (Lipinski definition) is 0. The van der Waals surface area contributed by atoms with Crippen LogP contribution in [0.2, 0.25) is 0 Å². The zero-order valence-electron chi connectivity index (χ0n) is 17.5.